The molecule has 19 heavy (non-hydrogen) atoms. The molecule has 0 saturated carbocycles. The van der Waals surface area contributed by atoms with Crippen molar-refractivity contribution in [2.75, 3.05) is 13.2 Å². The minimum absolute atomic E-state index is 0.320. The van der Waals surface area contributed by atoms with E-state index in [9.17, 15) is 0 Å². The number of rotatable bonds is 0. The second kappa shape index (κ2) is 7.06. The van der Waals surface area contributed by atoms with E-state index in [2.05, 4.69) is 26.0 Å². The van der Waals surface area contributed by atoms with E-state index in [0.29, 0.717) is 0 Å². The summed E-state index contributed by atoms with van der Waals surface area (Å²) in [5.41, 5.74) is 5.62. The Balaban J connectivity index is 0.000000415. The first kappa shape index (κ1) is 16.2. The molecule has 0 amide bonds. The van der Waals surface area contributed by atoms with Gasteiger partial charge in [0.2, 0.25) is 0 Å². The molecule has 0 aromatic heterocycles. The molecule has 0 unspecified atom stereocenters. The Hall–Kier alpha value is -0.860. The topological polar surface area (TPSA) is 18.5 Å². The molecule has 3 rings (SSSR count). The maximum absolute atomic E-state index is 5.77. The molecule has 1 aromatic carbocycles. The van der Waals surface area contributed by atoms with Crippen LogP contribution in [0.4, 0.5) is 0 Å². The lowest BCUT2D eigenvalue weighted by Gasteiger charge is -2.20. The van der Waals surface area contributed by atoms with Crippen molar-refractivity contribution in [1.82, 2.24) is 0 Å². The van der Waals surface area contributed by atoms with Crippen LogP contribution in [0, 0.1) is 13.8 Å². The van der Waals surface area contributed by atoms with E-state index in [1.165, 1.54) is 22.3 Å². The van der Waals surface area contributed by atoms with Crippen molar-refractivity contribution in [3.8, 4) is 0 Å². The summed E-state index contributed by atoms with van der Waals surface area (Å²) in [6.07, 6.45) is 1.85. The molecule has 2 aliphatic rings. The Labute approximate surface area is 118 Å². The first-order chi connectivity index (χ1) is 9.20. The molecule has 1 fully saturated rings. The van der Waals surface area contributed by atoms with Gasteiger partial charge in [0.05, 0.1) is 13.2 Å². The fraction of sp³-hybridized carbons (Fsp3) is 0.647. The summed E-state index contributed by atoms with van der Waals surface area (Å²) in [4.78, 5) is 0. The predicted octanol–water partition coefficient (Wildman–Crippen LogP) is 4.20. The van der Waals surface area contributed by atoms with Crippen molar-refractivity contribution in [2.24, 2.45) is 0 Å². The SMILES string of the molecule is CC.CC.Cc1ccc(C)c2c1CC1(C2)OCCO1. The van der Waals surface area contributed by atoms with Crippen LogP contribution in [0.25, 0.3) is 0 Å². The highest BCUT2D eigenvalue weighted by atomic mass is 16.7. The lowest BCUT2D eigenvalue weighted by molar-refractivity contribution is -0.147. The molecule has 2 heteroatoms. The summed E-state index contributed by atoms with van der Waals surface area (Å²) in [7, 11) is 0. The van der Waals surface area contributed by atoms with E-state index in [4.69, 9.17) is 9.47 Å². The monoisotopic (exact) mass is 264 g/mol. The second-order valence-corrected chi connectivity index (χ2v) is 4.62. The molecule has 2 nitrogen and oxygen atoms in total. The molecule has 1 saturated heterocycles. The quantitative estimate of drug-likeness (QED) is 0.699. The van der Waals surface area contributed by atoms with Gasteiger partial charge in [-0.3, -0.25) is 0 Å². The Morgan fingerprint density at radius 3 is 1.53 bits per heavy atom. The average Bonchev–Trinajstić information content (AvgIpc) is 3.08. The molecule has 1 aromatic rings. The minimum atomic E-state index is -0.320. The Kier molecular flexibility index (Phi) is 6.02. The molecular weight excluding hydrogens is 236 g/mol. The van der Waals surface area contributed by atoms with Crippen molar-refractivity contribution in [1.29, 1.82) is 0 Å². The summed E-state index contributed by atoms with van der Waals surface area (Å²) in [6.45, 7) is 13.8. The van der Waals surface area contributed by atoms with E-state index in [1.54, 1.807) is 0 Å². The number of hydrogen-bond acceptors (Lipinski definition) is 2. The fourth-order valence-corrected chi connectivity index (χ4v) is 2.72. The largest absolute Gasteiger partial charge is 0.347 e. The summed E-state index contributed by atoms with van der Waals surface area (Å²) >= 11 is 0. The highest BCUT2D eigenvalue weighted by Gasteiger charge is 2.43. The number of benzene rings is 1. The van der Waals surface area contributed by atoms with Crippen LogP contribution < -0.4 is 0 Å². The summed E-state index contributed by atoms with van der Waals surface area (Å²) in [6, 6.07) is 4.39. The Bertz CT molecular complexity index is 371. The molecule has 1 aliphatic carbocycles. The fourth-order valence-electron chi connectivity index (χ4n) is 2.72. The van der Waals surface area contributed by atoms with Crippen LogP contribution in [-0.2, 0) is 22.3 Å². The Morgan fingerprint density at radius 2 is 1.16 bits per heavy atom. The smallest absolute Gasteiger partial charge is 0.176 e. The molecule has 1 heterocycles. The molecular formula is C17H28O2. The Morgan fingerprint density at radius 1 is 0.789 bits per heavy atom. The van der Waals surface area contributed by atoms with Gasteiger partial charge in [0.15, 0.2) is 5.79 Å². The van der Waals surface area contributed by atoms with Gasteiger partial charge in [-0.15, -0.1) is 0 Å². The van der Waals surface area contributed by atoms with E-state index >= 15 is 0 Å². The van der Waals surface area contributed by atoms with Crippen LogP contribution in [0.5, 0.6) is 0 Å². The number of ether oxygens (including phenoxy) is 2. The van der Waals surface area contributed by atoms with Gasteiger partial charge < -0.3 is 9.47 Å². The van der Waals surface area contributed by atoms with Gasteiger partial charge >= 0.3 is 0 Å². The molecule has 108 valence electrons. The third-order valence-corrected chi connectivity index (χ3v) is 3.61. The van der Waals surface area contributed by atoms with Crippen LogP contribution in [0.1, 0.15) is 49.9 Å². The normalized spacial score (nSPS) is 18.2. The van der Waals surface area contributed by atoms with Crippen LogP contribution in [0.2, 0.25) is 0 Å². The number of aryl methyl sites for hydroxylation is 2. The van der Waals surface area contributed by atoms with Gasteiger partial charge in [0, 0.05) is 12.8 Å². The third kappa shape index (κ3) is 3.18. The molecule has 0 bridgehead atoms. The van der Waals surface area contributed by atoms with E-state index in [0.717, 1.165) is 26.1 Å². The van der Waals surface area contributed by atoms with Crippen molar-refractivity contribution >= 4 is 0 Å². The molecule has 0 N–H and O–H groups in total. The third-order valence-electron chi connectivity index (χ3n) is 3.61. The summed E-state index contributed by atoms with van der Waals surface area (Å²) in [5.74, 6) is -0.320. The van der Waals surface area contributed by atoms with Crippen LogP contribution in [0.3, 0.4) is 0 Å². The zero-order valence-corrected chi connectivity index (χ0v) is 13.3. The molecule has 0 atom stereocenters. The second-order valence-electron chi connectivity index (χ2n) is 4.62. The number of fused-ring (bicyclic) bond motifs is 1. The maximum Gasteiger partial charge on any atom is 0.176 e. The van der Waals surface area contributed by atoms with Gasteiger partial charge in [-0.1, -0.05) is 39.8 Å². The molecule has 1 aliphatic heterocycles. The predicted molar refractivity (Wildman–Crippen MR) is 80.7 cm³/mol. The minimum Gasteiger partial charge on any atom is -0.347 e. The highest BCUT2D eigenvalue weighted by molar-refractivity contribution is 5.45. The average molecular weight is 264 g/mol. The van der Waals surface area contributed by atoms with Crippen molar-refractivity contribution in [2.45, 2.75) is 60.2 Å². The van der Waals surface area contributed by atoms with Crippen molar-refractivity contribution < 1.29 is 9.47 Å². The van der Waals surface area contributed by atoms with E-state index in [1.807, 2.05) is 27.7 Å². The lowest BCUT2D eigenvalue weighted by atomic mass is 10.0. The van der Waals surface area contributed by atoms with Crippen molar-refractivity contribution in [3.63, 3.8) is 0 Å². The molecule has 1 spiro atoms. The maximum atomic E-state index is 5.77. The summed E-state index contributed by atoms with van der Waals surface area (Å²) < 4.78 is 11.5. The first-order valence-corrected chi connectivity index (χ1v) is 7.56. The van der Waals surface area contributed by atoms with Gasteiger partial charge in [0.1, 0.15) is 0 Å². The number of hydrogen-bond donors (Lipinski definition) is 0. The van der Waals surface area contributed by atoms with E-state index < -0.39 is 0 Å². The first-order valence-electron chi connectivity index (χ1n) is 7.56. The van der Waals surface area contributed by atoms with Gasteiger partial charge in [0.25, 0.3) is 0 Å². The summed E-state index contributed by atoms with van der Waals surface area (Å²) in [5, 5.41) is 0. The van der Waals surface area contributed by atoms with Crippen LogP contribution in [0.15, 0.2) is 12.1 Å². The highest BCUT2D eigenvalue weighted by Crippen LogP contribution is 2.39. The van der Waals surface area contributed by atoms with Crippen LogP contribution in [-0.4, -0.2) is 19.0 Å². The van der Waals surface area contributed by atoms with Crippen molar-refractivity contribution in [3.05, 3.63) is 34.4 Å². The van der Waals surface area contributed by atoms with Gasteiger partial charge in [-0.2, -0.15) is 0 Å². The zero-order chi connectivity index (χ0) is 14.5. The van der Waals surface area contributed by atoms with Crippen LogP contribution >= 0.6 is 0 Å². The van der Waals surface area contributed by atoms with E-state index in [-0.39, 0.29) is 5.79 Å². The molecule has 0 radical (unpaired) electrons. The van der Waals surface area contributed by atoms with Gasteiger partial charge in [-0.25, -0.2) is 0 Å². The lowest BCUT2D eigenvalue weighted by Crippen LogP contribution is -2.30. The van der Waals surface area contributed by atoms with Gasteiger partial charge in [-0.05, 0) is 36.1 Å². The zero-order valence-electron chi connectivity index (χ0n) is 13.3. The standard InChI is InChI=1S/C13H16O2.2C2H6/c1-9-3-4-10(2)12-8-13(7-11(9)12)14-5-6-15-13;2*1-2/h3-4H,5-8H2,1-2H3;2*1-2H3.